The monoisotopic (exact) mass is 510 g/mol. The van der Waals surface area contributed by atoms with Crippen molar-refractivity contribution in [2.24, 2.45) is 7.05 Å². The summed E-state index contributed by atoms with van der Waals surface area (Å²) in [5.74, 6) is 1.85. The Balaban J connectivity index is 1.53. The molecule has 0 saturated carbocycles. The lowest BCUT2D eigenvalue weighted by atomic mass is 9.96. The number of benzene rings is 2. The van der Waals surface area contributed by atoms with E-state index < -0.39 is 0 Å². The summed E-state index contributed by atoms with van der Waals surface area (Å²) < 4.78 is 7.76. The number of hydrogen-bond donors (Lipinski definition) is 2. The first-order valence-electron chi connectivity index (χ1n) is 12.7. The number of hydrogen-bond acceptors (Lipinski definition) is 5. The van der Waals surface area contributed by atoms with Crippen LogP contribution in [-0.2, 0) is 18.9 Å². The summed E-state index contributed by atoms with van der Waals surface area (Å²) in [7, 11) is 2.02. The van der Waals surface area contributed by atoms with E-state index in [4.69, 9.17) is 9.72 Å². The minimum Gasteiger partial charge on any atom is -0.490 e. The summed E-state index contributed by atoms with van der Waals surface area (Å²) in [5, 5.41) is 12.6. The van der Waals surface area contributed by atoms with Crippen LogP contribution in [-0.4, -0.2) is 31.5 Å². The Kier molecular flexibility index (Phi) is 7.67. The molecule has 8 nitrogen and oxygen atoms in total. The number of carbonyl (C=O) groups excluding carboxylic acids is 1. The zero-order chi connectivity index (χ0) is 27.4. The number of H-pyrrole nitrogens is 1. The first-order valence-corrected chi connectivity index (χ1v) is 12.7. The highest BCUT2D eigenvalue weighted by molar-refractivity contribution is 5.95. The summed E-state index contributed by atoms with van der Waals surface area (Å²) in [5.41, 5.74) is 3.66. The molecule has 38 heavy (non-hydrogen) atoms. The van der Waals surface area contributed by atoms with Gasteiger partial charge in [0.2, 0.25) is 0 Å². The molecule has 1 amide bonds. The highest BCUT2D eigenvalue weighted by Gasteiger charge is 2.22. The van der Waals surface area contributed by atoms with Crippen molar-refractivity contribution in [3.8, 4) is 23.1 Å². The van der Waals surface area contributed by atoms with Gasteiger partial charge in [0, 0.05) is 42.2 Å². The predicted octanol–water partition coefficient (Wildman–Crippen LogP) is 5.48. The van der Waals surface area contributed by atoms with Gasteiger partial charge in [-0.05, 0) is 44.0 Å². The van der Waals surface area contributed by atoms with E-state index in [9.17, 15) is 10.1 Å². The minimum absolute atomic E-state index is 0.0445. The van der Waals surface area contributed by atoms with Crippen LogP contribution in [0.15, 0.2) is 61.1 Å². The van der Waals surface area contributed by atoms with Crippen molar-refractivity contribution in [3.05, 3.63) is 89.4 Å². The Labute approximate surface area is 223 Å². The lowest BCUT2D eigenvalue weighted by Crippen LogP contribution is -2.30. The molecule has 0 bridgehead atoms. The Morgan fingerprint density at radius 2 is 1.92 bits per heavy atom. The van der Waals surface area contributed by atoms with E-state index in [1.165, 1.54) is 0 Å². The van der Waals surface area contributed by atoms with E-state index >= 15 is 0 Å². The molecule has 2 aromatic carbocycles. The van der Waals surface area contributed by atoms with Crippen molar-refractivity contribution >= 4 is 5.91 Å². The van der Waals surface area contributed by atoms with Gasteiger partial charge in [-0.2, -0.15) is 5.26 Å². The number of nitriles is 1. The van der Waals surface area contributed by atoms with Crippen LogP contribution in [0.2, 0.25) is 0 Å². The van der Waals surface area contributed by atoms with E-state index in [0.717, 1.165) is 22.6 Å². The van der Waals surface area contributed by atoms with Crippen LogP contribution in [0.25, 0.3) is 11.3 Å². The summed E-state index contributed by atoms with van der Waals surface area (Å²) in [6.45, 7) is 10.2. The van der Waals surface area contributed by atoms with Crippen LogP contribution in [0, 0.1) is 11.3 Å². The van der Waals surface area contributed by atoms with Gasteiger partial charge in [0.1, 0.15) is 23.5 Å². The molecular weight excluding hydrogens is 476 g/mol. The standard InChI is InChI=1S/C30H34N6O2/c1-19(2)38-26-12-11-22(16-23(26)17-31)28(37)34-24(27-32-13-14-33-27)15-20-7-9-21(10-8-20)25-18-36(6)29(35-25)30(3,4)5/h7-14,16,18-19,24H,15H2,1-6H3,(H,32,33)(H,34,37). The number of amides is 1. The maximum Gasteiger partial charge on any atom is 0.251 e. The van der Waals surface area contributed by atoms with Gasteiger partial charge >= 0.3 is 0 Å². The van der Waals surface area contributed by atoms with E-state index in [1.54, 1.807) is 30.6 Å². The molecule has 0 fully saturated rings. The largest absolute Gasteiger partial charge is 0.490 e. The second kappa shape index (κ2) is 10.9. The normalized spacial score (nSPS) is 12.3. The van der Waals surface area contributed by atoms with Gasteiger partial charge in [-0.1, -0.05) is 45.0 Å². The Morgan fingerprint density at radius 1 is 1.18 bits per heavy atom. The van der Waals surface area contributed by atoms with E-state index in [-0.39, 0.29) is 23.5 Å². The second-order valence-electron chi connectivity index (χ2n) is 10.7. The van der Waals surface area contributed by atoms with Crippen molar-refractivity contribution in [1.29, 1.82) is 5.26 Å². The number of nitrogens with one attached hydrogen (secondary N) is 2. The van der Waals surface area contributed by atoms with E-state index in [2.05, 4.69) is 77.2 Å². The number of imidazole rings is 2. The van der Waals surface area contributed by atoms with Crippen molar-refractivity contribution < 1.29 is 9.53 Å². The molecular formula is C30H34N6O2. The number of rotatable bonds is 8. The molecule has 0 spiro atoms. The molecule has 8 heteroatoms. The molecule has 0 saturated heterocycles. The molecule has 4 rings (SSSR count). The van der Waals surface area contributed by atoms with Crippen molar-refractivity contribution in [3.63, 3.8) is 0 Å². The minimum atomic E-state index is -0.386. The number of ether oxygens (including phenoxy) is 1. The molecule has 4 aromatic rings. The predicted molar refractivity (Wildman–Crippen MR) is 147 cm³/mol. The van der Waals surface area contributed by atoms with Crippen molar-refractivity contribution in [2.45, 2.75) is 58.6 Å². The third kappa shape index (κ3) is 6.12. The van der Waals surface area contributed by atoms with Gasteiger partial charge in [-0.15, -0.1) is 0 Å². The first kappa shape index (κ1) is 26.7. The van der Waals surface area contributed by atoms with Crippen LogP contribution < -0.4 is 10.1 Å². The fourth-order valence-electron chi connectivity index (χ4n) is 4.39. The smallest absolute Gasteiger partial charge is 0.251 e. The molecule has 0 radical (unpaired) electrons. The summed E-state index contributed by atoms with van der Waals surface area (Å²) in [4.78, 5) is 25.5. The third-order valence-corrected chi connectivity index (χ3v) is 6.12. The molecule has 0 aliphatic carbocycles. The van der Waals surface area contributed by atoms with Crippen molar-refractivity contribution in [1.82, 2.24) is 24.8 Å². The quantitative estimate of drug-likeness (QED) is 0.326. The zero-order valence-corrected chi connectivity index (χ0v) is 22.7. The summed E-state index contributed by atoms with van der Waals surface area (Å²) in [6.07, 6.45) is 5.91. The maximum atomic E-state index is 13.2. The topological polar surface area (TPSA) is 109 Å². The number of carbonyl (C=O) groups is 1. The number of aryl methyl sites for hydroxylation is 1. The zero-order valence-electron chi connectivity index (χ0n) is 22.7. The van der Waals surface area contributed by atoms with Crippen LogP contribution in [0.5, 0.6) is 5.75 Å². The Hall–Kier alpha value is -4.38. The van der Waals surface area contributed by atoms with Gasteiger partial charge < -0.3 is 19.6 Å². The van der Waals surface area contributed by atoms with Crippen LogP contribution in [0.3, 0.4) is 0 Å². The van der Waals surface area contributed by atoms with E-state index in [0.29, 0.717) is 29.1 Å². The van der Waals surface area contributed by atoms with Crippen LogP contribution >= 0.6 is 0 Å². The number of aromatic amines is 1. The molecule has 2 aromatic heterocycles. The average molecular weight is 511 g/mol. The lowest BCUT2D eigenvalue weighted by molar-refractivity contribution is 0.0934. The van der Waals surface area contributed by atoms with Crippen LogP contribution in [0.1, 0.15) is 73.8 Å². The SMILES string of the molecule is CC(C)Oc1ccc(C(=O)NC(Cc2ccc(-c3cn(C)c(C(C)(C)C)n3)cc2)c2ncc[nH]2)cc1C#N. The molecule has 1 atom stereocenters. The fourth-order valence-corrected chi connectivity index (χ4v) is 4.39. The van der Waals surface area contributed by atoms with Gasteiger partial charge in [0.25, 0.3) is 5.91 Å². The summed E-state index contributed by atoms with van der Waals surface area (Å²) >= 11 is 0. The van der Waals surface area contributed by atoms with E-state index in [1.807, 2.05) is 20.9 Å². The molecule has 0 aliphatic rings. The van der Waals surface area contributed by atoms with Gasteiger partial charge in [0.15, 0.2) is 0 Å². The third-order valence-electron chi connectivity index (χ3n) is 6.12. The Bertz CT molecular complexity index is 1440. The highest BCUT2D eigenvalue weighted by atomic mass is 16.5. The molecule has 2 N–H and O–H groups in total. The van der Waals surface area contributed by atoms with Crippen molar-refractivity contribution in [2.75, 3.05) is 0 Å². The lowest BCUT2D eigenvalue weighted by Gasteiger charge is -2.18. The van der Waals surface area contributed by atoms with Crippen LogP contribution in [0.4, 0.5) is 0 Å². The van der Waals surface area contributed by atoms with Gasteiger partial charge in [0.05, 0.1) is 23.4 Å². The fraction of sp³-hybridized carbons (Fsp3) is 0.333. The molecule has 0 aliphatic heterocycles. The maximum absolute atomic E-state index is 13.2. The summed E-state index contributed by atoms with van der Waals surface area (Å²) in [6, 6.07) is 14.8. The Morgan fingerprint density at radius 3 is 2.50 bits per heavy atom. The number of aromatic nitrogens is 4. The molecule has 2 heterocycles. The van der Waals surface area contributed by atoms with Gasteiger partial charge in [-0.3, -0.25) is 4.79 Å². The first-order chi connectivity index (χ1) is 18.0. The average Bonchev–Trinajstić information content (AvgIpc) is 3.54. The highest BCUT2D eigenvalue weighted by Crippen LogP contribution is 2.27. The molecule has 196 valence electrons. The second-order valence-corrected chi connectivity index (χ2v) is 10.7. The molecule has 1 unspecified atom stereocenters. The number of nitrogens with zero attached hydrogens (tertiary/aromatic N) is 4. The van der Waals surface area contributed by atoms with Gasteiger partial charge in [-0.25, -0.2) is 9.97 Å².